The van der Waals surface area contributed by atoms with Crippen LogP contribution < -0.4 is 11.1 Å². The summed E-state index contributed by atoms with van der Waals surface area (Å²) >= 11 is 0. The Bertz CT molecular complexity index is 596. The first-order chi connectivity index (χ1) is 10.3. The van der Waals surface area contributed by atoms with E-state index in [4.69, 9.17) is 5.73 Å². The van der Waals surface area contributed by atoms with Gasteiger partial charge in [0.2, 0.25) is 0 Å². The predicted molar refractivity (Wildman–Crippen MR) is 87.1 cm³/mol. The van der Waals surface area contributed by atoms with E-state index in [2.05, 4.69) is 53.8 Å². The summed E-state index contributed by atoms with van der Waals surface area (Å²) in [7, 11) is 0. The summed E-state index contributed by atoms with van der Waals surface area (Å²) < 4.78 is 0. The van der Waals surface area contributed by atoms with Crippen LogP contribution in [0.4, 0.5) is 0 Å². The van der Waals surface area contributed by atoms with E-state index in [1.54, 1.807) is 0 Å². The topological polar surface area (TPSA) is 38.0 Å². The van der Waals surface area contributed by atoms with Crippen LogP contribution in [0.1, 0.15) is 42.9 Å². The minimum atomic E-state index is 0.344. The highest BCUT2D eigenvalue weighted by Crippen LogP contribution is 2.43. The van der Waals surface area contributed by atoms with Gasteiger partial charge in [-0.15, -0.1) is 0 Å². The molecule has 0 aliphatic heterocycles. The van der Waals surface area contributed by atoms with Crippen LogP contribution in [0.2, 0.25) is 0 Å². The lowest BCUT2D eigenvalue weighted by Crippen LogP contribution is -2.39. The largest absolute Gasteiger partial charge is 0.328 e. The van der Waals surface area contributed by atoms with E-state index >= 15 is 0 Å². The van der Waals surface area contributed by atoms with E-state index in [-0.39, 0.29) is 0 Å². The molecular weight excluding hydrogens is 256 g/mol. The highest BCUT2D eigenvalue weighted by Gasteiger charge is 2.30. The van der Waals surface area contributed by atoms with Crippen LogP contribution in [0.3, 0.4) is 0 Å². The monoisotopic (exact) mass is 278 g/mol. The summed E-state index contributed by atoms with van der Waals surface area (Å²) in [6.45, 7) is 0. The zero-order chi connectivity index (χ0) is 14.2. The third-order valence-corrected chi connectivity index (χ3v) is 5.01. The van der Waals surface area contributed by atoms with Gasteiger partial charge in [-0.3, -0.25) is 0 Å². The van der Waals surface area contributed by atoms with Crippen molar-refractivity contribution < 1.29 is 0 Å². The molecule has 2 heteroatoms. The summed E-state index contributed by atoms with van der Waals surface area (Å²) in [5.74, 6) is 0. The predicted octanol–water partition coefficient (Wildman–Crippen LogP) is 3.62. The lowest BCUT2D eigenvalue weighted by atomic mass is 9.90. The van der Waals surface area contributed by atoms with Gasteiger partial charge < -0.3 is 11.1 Å². The number of benzene rings is 2. The summed E-state index contributed by atoms with van der Waals surface area (Å²) in [4.78, 5) is 0. The van der Waals surface area contributed by atoms with Gasteiger partial charge in [0.15, 0.2) is 0 Å². The van der Waals surface area contributed by atoms with Crippen molar-refractivity contribution in [3.05, 3.63) is 59.7 Å². The van der Waals surface area contributed by atoms with Crippen molar-refractivity contribution >= 4 is 0 Å². The SMILES string of the molecule is NC1CCC(NC2c3ccccc3-c3ccccc32)CC1. The molecule has 2 aliphatic rings. The van der Waals surface area contributed by atoms with Gasteiger partial charge in [0, 0.05) is 12.1 Å². The van der Waals surface area contributed by atoms with Gasteiger partial charge in [0.1, 0.15) is 0 Å². The number of nitrogens with one attached hydrogen (secondary N) is 1. The standard InChI is InChI=1S/C19H22N2/c20-13-9-11-14(12-10-13)21-19-17-7-3-1-5-15(17)16-6-2-4-8-18(16)19/h1-8,13-14,19,21H,9-12,20H2. The van der Waals surface area contributed by atoms with Gasteiger partial charge in [0.05, 0.1) is 6.04 Å². The van der Waals surface area contributed by atoms with E-state index in [0.717, 1.165) is 12.8 Å². The van der Waals surface area contributed by atoms with Crippen LogP contribution in [0.5, 0.6) is 0 Å². The second kappa shape index (κ2) is 5.28. The fraction of sp³-hybridized carbons (Fsp3) is 0.368. The number of fused-ring (bicyclic) bond motifs is 3. The molecule has 0 saturated heterocycles. The van der Waals surface area contributed by atoms with Crippen molar-refractivity contribution in [2.24, 2.45) is 5.73 Å². The lowest BCUT2D eigenvalue weighted by molar-refractivity contribution is 0.329. The molecule has 4 rings (SSSR count). The Balaban J connectivity index is 1.66. The first-order valence-electron chi connectivity index (χ1n) is 8.03. The Morgan fingerprint density at radius 1 is 0.762 bits per heavy atom. The van der Waals surface area contributed by atoms with Gasteiger partial charge in [-0.2, -0.15) is 0 Å². The molecule has 21 heavy (non-hydrogen) atoms. The molecule has 0 unspecified atom stereocenters. The molecule has 2 nitrogen and oxygen atoms in total. The molecule has 0 heterocycles. The van der Waals surface area contributed by atoms with Crippen molar-refractivity contribution in [3.63, 3.8) is 0 Å². The summed E-state index contributed by atoms with van der Waals surface area (Å²) in [5.41, 5.74) is 11.7. The molecule has 0 atom stereocenters. The molecule has 0 bridgehead atoms. The molecule has 0 amide bonds. The zero-order valence-electron chi connectivity index (χ0n) is 12.3. The fourth-order valence-electron chi connectivity index (χ4n) is 3.86. The van der Waals surface area contributed by atoms with E-state index in [1.807, 2.05) is 0 Å². The smallest absolute Gasteiger partial charge is 0.0591 e. The Hall–Kier alpha value is -1.64. The average molecular weight is 278 g/mol. The molecule has 2 aromatic carbocycles. The second-order valence-electron chi connectivity index (χ2n) is 6.39. The molecule has 108 valence electrons. The minimum absolute atomic E-state index is 0.344. The van der Waals surface area contributed by atoms with Gasteiger partial charge in [-0.1, -0.05) is 48.5 Å². The highest BCUT2D eigenvalue weighted by atomic mass is 15.0. The Morgan fingerprint density at radius 3 is 1.86 bits per heavy atom. The van der Waals surface area contributed by atoms with Crippen molar-refractivity contribution in [1.82, 2.24) is 5.32 Å². The number of hydrogen-bond acceptors (Lipinski definition) is 2. The van der Waals surface area contributed by atoms with Crippen molar-refractivity contribution in [3.8, 4) is 11.1 Å². The van der Waals surface area contributed by atoms with Crippen LogP contribution >= 0.6 is 0 Å². The maximum Gasteiger partial charge on any atom is 0.0591 e. The normalized spacial score (nSPS) is 24.6. The maximum atomic E-state index is 6.03. The van der Waals surface area contributed by atoms with E-state index < -0.39 is 0 Å². The van der Waals surface area contributed by atoms with Gasteiger partial charge in [-0.05, 0) is 47.9 Å². The quantitative estimate of drug-likeness (QED) is 0.880. The van der Waals surface area contributed by atoms with Gasteiger partial charge in [0.25, 0.3) is 0 Å². The molecule has 1 fully saturated rings. The van der Waals surface area contributed by atoms with Crippen molar-refractivity contribution in [2.45, 2.75) is 43.8 Å². The summed E-state index contributed by atoms with van der Waals surface area (Å²) in [6.07, 6.45) is 4.69. The fourth-order valence-corrected chi connectivity index (χ4v) is 3.86. The first kappa shape index (κ1) is 13.1. The molecule has 2 aliphatic carbocycles. The van der Waals surface area contributed by atoms with E-state index in [0.29, 0.717) is 18.1 Å². The molecule has 1 saturated carbocycles. The van der Waals surface area contributed by atoms with E-state index in [1.165, 1.54) is 35.1 Å². The van der Waals surface area contributed by atoms with Crippen LogP contribution in [-0.4, -0.2) is 12.1 Å². The van der Waals surface area contributed by atoms with Gasteiger partial charge in [-0.25, -0.2) is 0 Å². The maximum absolute atomic E-state index is 6.03. The molecule has 0 radical (unpaired) electrons. The summed E-state index contributed by atoms with van der Waals surface area (Å²) in [6, 6.07) is 18.9. The molecule has 3 N–H and O–H groups in total. The third kappa shape index (κ3) is 2.29. The molecule has 0 aromatic heterocycles. The van der Waals surface area contributed by atoms with Crippen LogP contribution in [0.25, 0.3) is 11.1 Å². The van der Waals surface area contributed by atoms with Crippen LogP contribution in [0.15, 0.2) is 48.5 Å². The van der Waals surface area contributed by atoms with Crippen molar-refractivity contribution in [1.29, 1.82) is 0 Å². The first-order valence-corrected chi connectivity index (χ1v) is 8.03. The Labute approximate surface area is 126 Å². The number of rotatable bonds is 2. The van der Waals surface area contributed by atoms with Crippen molar-refractivity contribution in [2.75, 3.05) is 0 Å². The Kier molecular flexibility index (Phi) is 3.28. The zero-order valence-corrected chi connectivity index (χ0v) is 12.3. The third-order valence-electron chi connectivity index (χ3n) is 5.01. The molecular formula is C19H22N2. The number of hydrogen-bond donors (Lipinski definition) is 2. The lowest BCUT2D eigenvalue weighted by Gasteiger charge is -2.30. The van der Waals surface area contributed by atoms with Crippen LogP contribution in [0, 0.1) is 0 Å². The minimum Gasteiger partial charge on any atom is -0.328 e. The average Bonchev–Trinajstić information content (AvgIpc) is 2.85. The molecule has 0 spiro atoms. The van der Waals surface area contributed by atoms with Gasteiger partial charge >= 0.3 is 0 Å². The molecule has 2 aromatic rings. The number of nitrogens with two attached hydrogens (primary N) is 1. The second-order valence-corrected chi connectivity index (χ2v) is 6.39. The van der Waals surface area contributed by atoms with Crippen LogP contribution in [-0.2, 0) is 0 Å². The van der Waals surface area contributed by atoms with E-state index in [9.17, 15) is 0 Å². The summed E-state index contributed by atoms with van der Waals surface area (Å²) in [5, 5.41) is 3.90. The Morgan fingerprint density at radius 2 is 1.29 bits per heavy atom. The highest BCUT2D eigenvalue weighted by molar-refractivity contribution is 5.78.